The van der Waals surface area contributed by atoms with Crippen molar-refractivity contribution in [3.63, 3.8) is 0 Å². The summed E-state index contributed by atoms with van der Waals surface area (Å²) >= 11 is 0. The van der Waals surface area contributed by atoms with Gasteiger partial charge in [-0.25, -0.2) is 18.4 Å². The van der Waals surface area contributed by atoms with Crippen molar-refractivity contribution in [2.45, 2.75) is 25.9 Å². The van der Waals surface area contributed by atoms with Crippen LogP contribution in [0.25, 0.3) is 0 Å². The van der Waals surface area contributed by atoms with Gasteiger partial charge in [0.25, 0.3) is 0 Å². The quantitative estimate of drug-likeness (QED) is 0.719. The van der Waals surface area contributed by atoms with E-state index in [2.05, 4.69) is 27.7 Å². The fourth-order valence-corrected chi connectivity index (χ4v) is 4.05. The number of nitrogens with one attached hydrogen (secondary N) is 2. The molecule has 0 bridgehead atoms. The molecule has 2 aromatic carbocycles. The van der Waals surface area contributed by atoms with Crippen LogP contribution in [0, 0.1) is 11.6 Å². The number of carbonyl (C=O) groups excluding carboxylic acids is 2. The predicted octanol–water partition coefficient (Wildman–Crippen LogP) is 3.19. The Hall–Kier alpha value is -3.26. The van der Waals surface area contributed by atoms with Crippen molar-refractivity contribution in [1.82, 2.24) is 15.5 Å². The number of esters is 1. The third kappa shape index (κ3) is 4.44. The zero-order valence-corrected chi connectivity index (χ0v) is 17.1. The average molecular weight is 427 g/mol. The van der Waals surface area contributed by atoms with E-state index in [-0.39, 0.29) is 17.7 Å². The Labute approximate surface area is 178 Å². The van der Waals surface area contributed by atoms with E-state index in [4.69, 9.17) is 4.74 Å². The number of amides is 2. The smallest absolute Gasteiger partial charge is 0.338 e. The Balaban J connectivity index is 1.69. The lowest BCUT2D eigenvalue weighted by molar-refractivity contribution is -0.139. The van der Waals surface area contributed by atoms with Gasteiger partial charge >= 0.3 is 12.0 Å². The molecular formula is C23H23F2N3O3. The average Bonchev–Trinajstić information content (AvgIpc) is 2.75. The Morgan fingerprint density at radius 3 is 2.68 bits per heavy atom. The second kappa shape index (κ2) is 8.85. The van der Waals surface area contributed by atoms with Crippen LogP contribution in [0.3, 0.4) is 0 Å². The lowest BCUT2D eigenvalue weighted by atomic mass is 9.94. The van der Waals surface area contributed by atoms with Crippen LogP contribution in [0.15, 0.2) is 53.7 Å². The van der Waals surface area contributed by atoms with Gasteiger partial charge in [0.05, 0.1) is 18.2 Å². The van der Waals surface area contributed by atoms with E-state index in [9.17, 15) is 18.4 Å². The largest absolute Gasteiger partial charge is 0.463 e. The number of hydrogen-bond acceptors (Lipinski definition) is 4. The molecule has 0 saturated heterocycles. The summed E-state index contributed by atoms with van der Waals surface area (Å²) in [6, 6.07) is 10.00. The predicted molar refractivity (Wildman–Crippen MR) is 110 cm³/mol. The number of urea groups is 1. The molecule has 0 aromatic heterocycles. The summed E-state index contributed by atoms with van der Waals surface area (Å²) in [6.45, 7) is 3.58. The minimum Gasteiger partial charge on any atom is -0.463 e. The van der Waals surface area contributed by atoms with Gasteiger partial charge in [-0.3, -0.25) is 4.90 Å². The molecule has 2 aliphatic heterocycles. The van der Waals surface area contributed by atoms with Crippen molar-refractivity contribution in [3.05, 3.63) is 82.1 Å². The van der Waals surface area contributed by atoms with Gasteiger partial charge in [-0.1, -0.05) is 30.3 Å². The number of carbonyl (C=O) groups is 2. The maximum Gasteiger partial charge on any atom is 0.338 e. The molecule has 8 heteroatoms. The lowest BCUT2D eigenvalue weighted by Gasteiger charge is -2.34. The van der Waals surface area contributed by atoms with Crippen molar-refractivity contribution in [2.75, 3.05) is 19.7 Å². The third-order valence-corrected chi connectivity index (χ3v) is 5.52. The minimum absolute atomic E-state index is 0.144. The van der Waals surface area contributed by atoms with Gasteiger partial charge in [-0.05, 0) is 42.2 Å². The first-order chi connectivity index (χ1) is 15.0. The highest BCUT2D eigenvalue weighted by atomic mass is 19.2. The Morgan fingerprint density at radius 1 is 1.16 bits per heavy atom. The molecule has 0 saturated carbocycles. The first kappa shape index (κ1) is 21.0. The number of rotatable bonds is 5. The van der Waals surface area contributed by atoms with Crippen LogP contribution in [0.2, 0.25) is 0 Å². The maximum atomic E-state index is 13.9. The second-order valence-corrected chi connectivity index (χ2v) is 7.55. The third-order valence-electron chi connectivity index (χ3n) is 5.52. The van der Waals surface area contributed by atoms with Gasteiger partial charge in [0.2, 0.25) is 0 Å². The maximum absolute atomic E-state index is 13.9. The van der Waals surface area contributed by atoms with E-state index in [0.717, 1.165) is 25.1 Å². The molecule has 4 rings (SSSR count). The summed E-state index contributed by atoms with van der Waals surface area (Å²) in [6.07, 6.45) is 0.858. The molecule has 1 atom stereocenters. The number of benzene rings is 2. The highest BCUT2D eigenvalue weighted by Crippen LogP contribution is 2.30. The van der Waals surface area contributed by atoms with E-state index in [0.29, 0.717) is 18.8 Å². The van der Waals surface area contributed by atoms with Gasteiger partial charge in [0, 0.05) is 25.3 Å². The molecule has 2 amide bonds. The molecule has 2 aromatic rings. The summed E-state index contributed by atoms with van der Waals surface area (Å²) in [4.78, 5) is 27.3. The molecule has 2 aliphatic rings. The van der Waals surface area contributed by atoms with Crippen molar-refractivity contribution in [1.29, 1.82) is 0 Å². The second-order valence-electron chi connectivity index (χ2n) is 7.55. The van der Waals surface area contributed by atoms with E-state index in [1.807, 2.05) is 12.1 Å². The first-order valence-corrected chi connectivity index (χ1v) is 10.2. The van der Waals surface area contributed by atoms with Gasteiger partial charge in [-0.2, -0.15) is 0 Å². The standard InChI is InChI=1S/C23H23F2N3O3/c1-2-31-22(29)20-19(13-28-10-9-14-5-3-4-6-16(14)12-28)26-23(30)27-21(20)15-7-8-17(24)18(25)11-15/h3-8,11,21H,2,9-10,12-13H2,1H3,(H2,26,27,30)/t21-/m1/s1. The first-order valence-electron chi connectivity index (χ1n) is 10.2. The molecule has 0 spiro atoms. The molecule has 2 heterocycles. The zero-order chi connectivity index (χ0) is 22.0. The monoisotopic (exact) mass is 427 g/mol. The molecule has 2 N–H and O–H groups in total. The minimum atomic E-state index is -1.05. The summed E-state index contributed by atoms with van der Waals surface area (Å²) < 4.78 is 32.5. The number of hydrogen-bond donors (Lipinski definition) is 2. The number of ether oxygens (including phenoxy) is 1. The summed E-state index contributed by atoms with van der Waals surface area (Å²) in [5, 5.41) is 5.36. The number of nitrogens with zero attached hydrogens (tertiary/aromatic N) is 1. The van der Waals surface area contributed by atoms with E-state index in [1.165, 1.54) is 17.2 Å². The highest BCUT2D eigenvalue weighted by molar-refractivity contribution is 5.95. The Morgan fingerprint density at radius 2 is 1.94 bits per heavy atom. The summed E-state index contributed by atoms with van der Waals surface area (Å²) in [7, 11) is 0. The zero-order valence-electron chi connectivity index (χ0n) is 17.1. The molecule has 0 aliphatic carbocycles. The van der Waals surface area contributed by atoms with Crippen molar-refractivity contribution >= 4 is 12.0 Å². The van der Waals surface area contributed by atoms with Gasteiger partial charge in [0.1, 0.15) is 0 Å². The fraction of sp³-hybridized carbons (Fsp3) is 0.304. The normalized spacial score (nSPS) is 18.8. The van der Waals surface area contributed by atoms with Crippen molar-refractivity contribution in [3.8, 4) is 0 Å². The van der Waals surface area contributed by atoms with Crippen molar-refractivity contribution in [2.24, 2.45) is 0 Å². The van der Waals surface area contributed by atoms with Crippen LogP contribution in [0.4, 0.5) is 13.6 Å². The van der Waals surface area contributed by atoms with Crippen LogP contribution >= 0.6 is 0 Å². The van der Waals surface area contributed by atoms with Gasteiger partial charge < -0.3 is 15.4 Å². The number of halogens is 2. The molecular weight excluding hydrogens is 404 g/mol. The Bertz CT molecular complexity index is 1050. The molecule has 31 heavy (non-hydrogen) atoms. The Kier molecular flexibility index (Phi) is 5.99. The number of fused-ring (bicyclic) bond motifs is 1. The van der Waals surface area contributed by atoms with Crippen LogP contribution in [-0.2, 0) is 22.5 Å². The lowest BCUT2D eigenvalue weighted by Crippen LogP contribution is -2.49. The molecule has 0 unspecified atom stereocenters. The molecule has 6 nitrogen and oxygen atoms in total. The van der Waals surface area contributed by atoms with Crippen LogP contribution in [0.1, 0.15) is 29.7 Å². The van der Waals surface area contributed by atoms with E-state index in [1.54, 1.807) is 6.92 Å². The van der Waals surface area contributed by atoms with E-state index < -0.39 is 29.7 Å². The van der Waals surface area contributed by atoms with Crippen LogP contribution in [-0.4, -0.2) is 36.6 Å². The highest BCUT2D eigenvalue weighted by Gasteiger charge is 2.35. The summed E-state index contributed by atoms with van der Waals surface area (Å²) in [5.41, 5.74) is 3.33. The van der Waals surface area contributed by atoms with Crippen molar-refractivity contribution < 1.29 is 23.1 Å². The van der Waals surface area contributed by atoms with Crippen LogP contribution in [0.5, 0.6) is 0 Å². The van der Waals surface area contributed by atoms with E-state index >= 15 is 0 Å². The fourth-order valence-electron chi connectivity index (χ4n) is 4.05. The van der Waals surface area contributed by atoms with Gasteiger partial charge in [-0.15, -0.1) is 0 Å². The summed E-state index contributed by atoms with van der Waals surface area (Å²) in [5.74, 6) is -2.67. The van der Waals surface area contributed by atoms with Crippen LogP contribution < -0.4 is 10.6 Å². The molecule has 0 radical (unpaired) electrons. The van der Waals surface area contributed by atoms with Gasteiger partial charge in [0.15, 0.2) is 11.6 Å². The molecule has 162 valence electrons. The topological polar surface area (TPSA) is 70.7 Å². The molecule has 0 fully saturated rings. The SMILES string of the molecule is CCOC(=O)C1=C(CN2CCc3ccccc3C2)NC(=O)N[C@@H]1c1ccc(F)c(F)c1.